The van der Waals surface area contributed by atoms with Gasteiger partial charge in [0.15, 0.2) is 0 Å². The summed E-state index contributed by atoms with van der Waals surface area (Å²) < 4.78 is 12.1. The third-order valence-corrected chi connectivity index (χ3v) is 5.86. The first kappa shape index (κ1) is 25.0. The Bertz CT molecular complexity index is 1070. The molecule has 0 spiro atoms. The van der Waals surface area contributed by atoms with Crippen LogP contribution in [0.25, 0.3) is 0 Å². The number of unbranched alkanes of at least 4 members (excludes halogenated alkanes) is 2. The van der Waals surface area contributed by atoms with E-state index in [1.54, 1.807) is 0 Å². The van der Waals surface area contributed by atoms with Gasteiger partial charge in [0.1, 0.15) is 11.5 Å². The maximum atomic E-state index is 6.03. The standard InChI is InChI=1S/C32H34O2/c1-5-9-19-33-31-17-13-11-15-27(31)23-29-21-26(8-4)30(22-25(29)7-3)24-28-16-12-14-18-32(28)34-20-10-6-2/h3-4,11-18,21-22H,5-6,9-10,19-20,23-24H2,1-2H3. The lowest BCUT2D eigenvalue weighted by Crippen LogP contribution is -2.04. The molecule has 0 aliphatic rings. The lowest BCUT2D eigenvalue weighted by Gasteiger charge is -2.16. The summed E-state index contributed by atoms with van der Waals surface area (Å²) in [5, 5.41) is 0. The number of benzene rings is 3. The number of terminal acetylenes is 2. The summed E-state index contributed by atoms with van der Waals surface area (Å²) in [6.07, 6.45) is 17.5. The first-order chi connectivity index (χ1) is 16.7. The van der Waals surface area contributed by atoms with E-state index in [-0.39, 0.29) is 0 Å². The molecule has 0 heterocycles. The van der Waals surface area contributed by atoms with Gasteiger partial charge in [-0.2, -0.15) is 0 Å². The largest absolute Gasteiger partial charge is 0.493 e. The average Bonchev–Trinajstić information content (AvgIpc) is 2.87. The van der Waals surface area contributed by atoms with Crippen LogP contribution in [0.15, 0.2) is 60.7 Å². The predicted octanol–water partition coefficient (Wildman–Crippen LogP) is 7.19. The second-order valence-corrected chi connectivity index (χ2v) is 8.43. The van der Waals surface area contributed by atoms with Crippen molar-refractivity contribution >= 4 is 0 Å². The molecule has 174 valence electrons. The summed E-state index contributed by atoms with van der Waals surface area (Å²) in [4.78, 5) is 0. The van der Waals surface area contributed by atoms with E-state index in [0.717, 1.165) is 70.6 Å². The second-order valence-electron chi connectivity index (χ2n) is 8.43. The van der Waals surface area contributed by atoms with E-state index in [1.807, 2.05) is 36.4 Å². The SMILES string of the molecule is C#Cc1cc(Cc2ccccc2OCCCC)c(C#C)cc1Cc1ccccc1OCCCC. The van der Waals surface area contributed by atoms with E-state index in [1.165, 1.54) is 0 Å². The van der Waals surface area contributed by atoms with Gasteiger partial charge in [-0.25, -0.2) is 0 Å². The van der Waals surface area contributed by atoms with Gasteiger partial charge in [-0.05, 0) is 59.4 Å². The predicted molar refractivity (Wildman–Crippen MR) is 142 cm³/mol. The van der Waals surface area contributed by atoms with Crippen molar-refractivity contribution in [3.05, 3.63) is 94.0 Å². The molecule has 0 N–H and O–H groups in total. The smallest absolute Gasteiger partial charge is 0.122 e. The molecule has 0 aromatic heterocycles. The van der Waals surface area contributed by atoms with E-state index in [4.69, 9.17) is 22.3 Å². The molecule has 0 saturated heterocycles. The Morgan fingerprint density at radius 2 is 1.03 bits per heavy atom. The molecule has 34 heavy (non-hydrogen) atoms. The van der Waals surface area contributed by atoms with Crippen molar-refractivity contribution in [3.63, 3.8) is 0 Å². The van der Waals surface area contributed by atoms with Crippen LogP contribution in [0.5, 0.6) is 11.5 Å². The Labute approximate surface area is 205 Å². The van der Waals surface area contributed by atoms with Gasteiger partial charge in [0.05, 0.1) is 13.2 Å². The van der Waals surface area contributed by atoms with Crippen LogP contribution in [0.4, 0.5) is 0 Å². The minimum atomic E-state index is 0.674. The molecule has 2 nitrogen and oxygen atoms in total. The molecule has 3 aromatic rings. The zero-order valence-corrected chi connectivity index (χ0v) is 20.4. The van der Waals surface area contributed by atoms with Crippen LogP contribution in [0.1, 0.15) is 72.9 Å². The Morgan fingerprint density at radius 3 is 1.41 bits per heavy atom. The maximum absolute atomic E-state index is 6.03. The summed E-state index contributed by atoms with van der Waals surface area (Å²) in [5.74, 6) is 7.57. The van der Waals surface area contributed by atoms with Gasteiger partial charge in [-0.1, -0.05) is 74.9 Å². The normalized spacial score (nSPS) is 10.4. The Hall–Kier alpha value is -3.62. The molecule has 0 radical (unpaired) electrons. The molecule has 2 heteroatoms. The average molecular weight is 451 g/mol. The monoisotopic (exact) mass is 450 g/mol. The highest BCUT2D eigenvalue weighted by Gasteiger charge is 2.13. The minimum absolute atomic E-state index is 0.674. The highest BCUT2D eigenvalue weighted by molar-refractivity contribution is 5.55. The molecule has 0 atom stereocenters. The van der Waals surface area contributed by atoms with E-state index < -0.39 is 0 Å². The third-order valence-electron chi connectivity index (χ3n) is 5.86. The number of para-hydroxylation sites is 2. The molecule has 3 rings (SSSR count). The zero-order valence-electron chi connectivity index (χ0n) is 20.4. The summed E-state index contributed by atoms with van der Waals surface area (Å²) in [7, 11) is 0. The Balaban J connectivity index is 1.89. The third kappa shape index (κ3) is 6.69. The van der Waals surface area contributed by atoms with E-state index in [2.05, 4.69) is 50.0 Å². The maximum Gasteiger partial charge on any atom is 0.122 e. The van der Waals surface area contributed by atoms with Gasteiger partial charge in [-0.15, -0.1) is 12.8 Å². The molecule has 0 bridgehead atoms. The van der Waals surface area contributed by atoms with Crippen molar-refractivity contribution in [2.45, 2.75) is 52.4 Å². The van der Waals surface area contributed by atoms with Crippen LogP contribution in [0.2, 0.25) is 0 Å². The van der Waals surface area contributed by atoms with Crippen LogP contribution in [-0.2, 0) is 12.8 Å². The van der Waals surface area contributed by atoms with Gasteiger partial charge in [0.2, 0.25) is 0 Å². The topological polar surface area (TPSA) is 18.5 Å². The molecule has 3 aromatic carbocycles. The molecular formula is C32H34O2. The fourth-order valence-electron chi connectivity index (χ4n) is 3.90. The minimum Gasteiger partial charge on any atom is -0.493 e. The highest BCUT2D eigenvalue weighted by Crippen LogP contribution is 2.28. The van der Waals surface area contributed by atoms with Gasteiger partial charge in [-0.3, -0.25) is 0 Å². The number of hydrogen-bond acceptors (Lipinski definition) is 2. The lowest BCUT2D eigenvalue weighted by atomic mass is 9.91. The van der Waals surface area contributed by atoms with Crippen molar-refractivity contribution in [1.82, 2.24) is 0 Å². The van der Waals surface area contributed by atoms with Crippen molar-refractivity contribution in [2.24, 2.45) is 0 Å². The van der Waals surface area contributed by atoms with Gasteiger partial charge < -0.3 is 9.47 Å². The highest BCUT2D eigenvalue weighted by atomic mass is 16.5. The molecular weight excluding hydrogens is 416 g/mol. The summed E-state index contributed by atoms with van der Waals surface area (Å²) in [6.45, 7) is 5.74. The Kier molecular flexibility index (Phi) is 9.69. The fraction of sp³-hybridized carbons (Fsp3) is 0.312. The quantitative estimate of drug-likeness (QED) is 0.215. The Morgan fingerprint density at radius 1 is 0.618 bits per heavy atom. The van der Waals surface area contributed by atoms with E-state index >= 15 is 0 Å². The van der Waals surface area contributed by atoms with Crippen LogP contribution in [0, 0.1) is 24.7 Å². The van der Waals surface area contributed by atoms with Gasteiger partial charge >= 0.3 is 0 Å². The fourth-order valence-corrected chi connectivity index (χ4v) is 3.90. The van der Waals surface area contributed by atoms with Gasteiger partial charge in [0.25, 0.3) is 0 Å². The number of hydrogen-bond donors (Lipinski definition) is 0. The van der Waals surface area contributed by atoms with Crippen LogP contribution in [0.3, 0.4) is 0 Å². The first-order valence-electron chi connectivity index (χ1n) is 12.2. The van der Waals surface area contributed by atoms with Crippen molar-refractivity contribution in [1.29, 1.82) is 0 Å². The first-order valence-corrected chi connectivity index (χ1v) is 12.2. The van der Waals surface area contributed by atoms with Crippen molar-refractivity contribution < 1.29 is 9.47 Å². The van der Waals surface area contributed by atoms with Crippen LogP contribution in [-0.4, -0.2) is 13.2 Å². The molecule has 0 aliphatic carbocycles. The van der Waals surface area contributed by atoms with Crippen molar-refractivity contribution in [2.75, 3.05) is 13.2 Å². The summed E-state index contributed by atoms with van der Waals surface area (Å²) >= 11 is 0. The molecule has 0 amide bonds. The van der Waals surface area contributed by atoms with Crippen LogP contribution < -0.4 is 9.47 Å². The number of ether oxygens (including phenoxy) is 2. The number of rotatable bonds is 12. The van der Waals surface area contributed by atoms with Crippen molar-refractivity contribution in [3.8, 4) is 36.2 Å². The summed E-state index contributed by atoms with van der Waals surface area (Å²) in [5.41, 5.74) is 6.03. The molecule has 0 saturated carbocycles. The zero-order chi connectivity index (χ0) is 24.2. The van der Waals surface area contributed by atoms with E-state index in [0.29, 0.717) is 26.1 Å². The van der Waals surface area contributed by atoms with Crippen LogP contribution >= 0.6 is 0 Å². The molecule has 0 aliphatic heterocycles. The molecule has 0 fully saturated rings. The van der Waals surface area contributed by atoms with E-state index in [9.17, 15) is 0 Å². The lowest BCUT2D eigenvalue weighted by molar-refractivity contribution is 0.306. The summed E-state index contributed by atoms with van der Waals surface area (Å²) in [6, 6.07) is 20.4. The molecule has 0 unspecified atom stereocenters. The second kappa shape index (κ2) is 13.2. The van der Waals surface area contributed by atoms with Gasteiger partial charge in [0, 0.05) is 24.0 Å².